The summed E-state index contributed by atoms with van der Waals surface area (Å²) in [7, 11) is 1.18. The van der Waals surface area contributed by atoms with Crippen LogP contribution in [0.2, 0.25) is 0 Å². The third-order valence-electron chi connectivity index (χ3n) is 15.3. The van der Waals surface area contributed by atoms with Crippen LogP contribution < -0.4 is 10.2 Å². The van der Waals surface area contributed by atoms with Gasteiger partial charge in [0, 0.05) is 12.8 Å². The van der Waals surface area contributed by atoms with Gasteiger partial charge in [-0.25, -0.2) is 0 Å². The van der Waals surface area contributed by atoms with Crippen LogP contribution >= 0.6 is 7.82 Å². The van der Waals surface area contributed by atoms with Gasteiger partial charge in [0.05, 0.1) is 33.8 Å². The Hall–Kier alpha value is -2.81. The average molecular weight is 1180 g/mol. The fourth-order valence-electron chi connectivity index (χ4n) is 10.00. The van der Waals surface area contributed by atoms with Gasteiger partial charge in [-0.05, 0) is 83.1 Å². The van der Waals surface area contributed by atoms with Crippen molar-refractivity contribution in [2.45, 2.75) is 328 Å². The lowest BCUT2D eigenvalue weighted by Crippen LogP contribution is -2.47. The summed E-state index contributed by atoms with van der Waals surface area (Å²) in [6.45, 7) is 6.76. The van der Waals surface area contributed by atoms with Crippen LogP contribution in [0.1, 0.15) is 316 Å². The first-order chi connectivity index (χ1) is 40.4. The number of carbonyl (C=O) groups excluding carboxylic acids is 2. The van der Waals surface area contributed by atoms with E-state index >= 15 is 0 Å². The minimum Gasteiger partial charge on any atom is -0.756 e. The van der Waals surface area contributed by atoms with Crippen LogP contribution in [-0.4, -0.2) is 69.4 Å². The Morgan fingerprint density at radius 2 is 0.771 bits per heavy atom. The Balaban J connectivity index is 5.17. The fourth-order valence-corrected chi connectivity index (χ4v) is 10.7. The van der Waals surface area contributed by atoms with E-state index in [-0.39, 0.29) is 24.9 Å². The van der Waals surface area contributed by atoms with E-state index < -0.39 is 26.6 Å². The van der Waals surface area contributed by atoms with E-state index in [0.29, 0.717) is 23.9 Å². The SMILES string of the molecule is CC/C=C\C/C=C\C/C=C\C/C=C\C/C=C\C/C=C\CCCCCCCCC(=O)OC(/C=C/CCCCCCCCCCCCC)C(COP(=O)([O-])OCC[N+](C)(C)C)NC(=O)CCCCCCCCCCCCCCCCCCCCC. The summed E-state index contributed by atoms with van der Waals surface area (Å²) >= 11 is 0. The number of amides is 1. The molecule has 0 aromatic rings. The number of likely N-dealkylation sites (N-methyl/N-ethyl adjacent to an activating group) is 1. The molecule has 0 radical (unpaired) electrons. The minimum atomic E-state index is -4.71. The zero-order valence-corrected chi connectivity index (χ0v) is 56.0. The van der Waals surface area contributed by atoms with E-state index in [0.717, 1.165) is 116 Å². The maximum atomic E-state index is 13.6. The molecule has 0 bridgehead atoms. The molecule has 0 saturated carbocycles. The smallest absolute Gasteiger partial charge is 0.306 e. The van der Waals surface area contributed by atoms with Crippen LogP contribution in [0, 0.1) is 0 Å². The predicted molar refractivity (Wildman–Crippen MR) is 358 cm³/mol. The lowest BCUT2D eigenvalue weighted by molar-refractivity contribution is -0.870. The van der Waals surface area contributed by atoms with Crippen molar-refractivity contribution in [1.82, 2.24) is 5.32 Å². The average Bonchev–Trinajstić information content (AvgIpc) is 3.46. The monoisotopic (exact) mass is 1180 g/mol. The summed E-state index contributed by atoms with van der Waals surface area (Å²) in [6.07, 6.45) is 82.7. The van der Waals surface area contributed by atoms with E-state index in [1.165, 1.54) is 161 Å². The number of unbranched alkanes of at least 4 members (excludes halogenated alkanes) is 35. The molecular weight excluding hydrogens is 1050 g/mol. The van der Waals surface area contributed by atoms with Crippen molar-refractivity contribution in [1.29, 1.82) is 0 Å². The van der Waals surface area contributed by atoms with Gasteiger partial charge in [0.1, 0.15) is 19.3 Å². The normalized spacial score (nSPS) is 14.1. The molecular formula is C73H133N2O7P. The molecule has 0 rings (SSSR count). The first-order valence-corrected chi connectivity index (χ1v) is 36.4. The molecule has 1 amide bonds. The van der Waals surface area contributed by atoms with Gasteiger partial charge >= 0.3 is 5.97 Å². The van der Waals surface area contributed by atoms with Gasteiger partial charge in [0.15, 0.2) is 0 Å². The zero-order valence-electron chi connectivity index (χ0n) is 55.1. The maximum absolute atomic E-state index is 13.6. The molecule has 482 valence electrons. The van der Waals surface area contributed by atoms with Crippen LogP contribution in [-0.2, 0) is 27.9 Å². The molecule has 10 heteroatoms. The van der Waals surface area contributed by atoms with E-state index in [2.05, 4.69) is 99.0 Å². The largest absolute Gasteiger partial charge is 0.756 e. The van der Waals surface area contributed by atoms with E-state index in [1.807, 2.05) is 33.3 Å². The number of quaternary nitrogens is 1. The molecule has 0 saturated heterocycles. The Bertz CT molecular complexity index is 1700. The zero-order chi connectivity index (χ0) is 60.7. The van der Waals surface area contributed by atoms with Crippen LogP contribution in [0.5, 0.6) is 0 Å². The summed E-state index contributed by atoms with van der Waals surface area (Å²) < 4.78 is 30.4. The van der Waals surface area contributed by atoms with Crippen molar-refractivity contribution < 1.29 is 37.3 Å². The molecule has 3 atom stereocenters. The Morgan fingerprint density at radius 1 is 0.434 bits per heavy atom. The number of ether oxygens (including phenoxy) is 1. The summed E-state index contributed by atoms with van der Waals surface area (Å²) in [5, 5.41) is 3.04. The molecule has 3 unspecified atom stereocenters. The summed E-state index contributed by atoms with van der Waals surface area (Å²) in [4.78, 5) is 40.2. The quantitative estimate of drug-likeness (QED) is 0.0212. The highest BCUT2D eigenvalue weighted by atomic mass is 31.2. The number of hydrogen-bond acceptors (Lipinski definition) is 7. The second-order valence-electron chi connectivity index (χ2n) is 24.7. The van der Waals surface area contributed by atoms with Crippen molar-refractivity contribution in [2.75, 3.05) is 40.9 Å². The molecule has 0 spiro atoms. The first kappa shape index (κ1) is 80.2. The number of phosphoric acid groups is 1. The van der Waals surface area contributed by atoms with Gasteiger partial charge in [-0.2, -0.15) is 0 Å². The predicted octanol–water partition coefficient (Wildman–Crippen LogP) is 21.5. The van der Waals surface area contributed by atoms with Gasteiger partial charge in [-0.3, -0.25) is 14.2 Å². The Labute approximate surface area is 514 Å². The van der Waals surface area contributed by atoms with Crippen molar-refractivity contribution in [3.63, 3.8) is 0 Å². The number of allylic oxidation sites excluding steroid dienone is 13. The molecule has 0 fully saturated rings. The van der Waals surface area contributed by atoms with Crippen molar-refractivity contribution in [3.8, 4) is 0 Å². The third-order valence-corrected chi connectivity index (χ3v) is 16.3. The van der Waals surface area contributed by atoms with E-state index in [9.17, 15) is 19.0 Å². The van der Waals surface area contributed by atoms with Crippen LogP contribution in [0.25, 0.3) is 0 Å². The van der Waals surface area contributed by atoms with Gasteiger partial charge in [0.2, 0.25) is 5.91 Å². The minimum absolute atomic E-state index is 0.0263. The standard InChI is InChI=1S/C73H133N2O7P/c1-7-10-13-16-19-22-25-28-30-32-34-35-36-37-38-39-41-43-45-48-51-54-57-60-63-66-73(77)82-71(64-61-58-55-52-49-46-27-24-21-18-15-12-9-3)70(69-81-83(78,79)80-68-67-75(4,5)6)74-72(76)65-62-59-56-53-50-47-44-42-40-33-31-29-26-23-20-17-14-11-8-2/h10,13,19,22,28,30,34-35,37-38,41,43,61,64,70-71H,7-9,11-12,14-18,20-21,23-27,29,31-33,36,39-40,42,44-60,62-63,65-69H2,1-6H3,(H-,74,76,78,79)/b13-10-,22-19-,30-28-,35-34-,38-37-,43-41-,64-61+. The maximum Gasteiger partial charge on any atom is 0.306 e. The summed E-state index contributed by atoms with van der Waals surface area (Å²) in [5.41, 5.74) is 0. The second-order valence-corrected chi connectivity index (χ2v) is 26.1. The van der Waals surface area contributed by atoms with E-state index in [1.54, 1.807) is 0 Å². The van der Waals surface area contributed by atoms with E-state index in [4.69, 9.17) is 13.8 Å². The van der Waals surface area contributed by atoms with Crippen molar-refractivity contribution >= 4 is 19.7 Å². The number of esters is 1. The fraction of sp³-hybridized carbons (Fsp3) is 0.781. The Morgan fingerprint density at radius 3 is 1.16 bits per heavy atom. The van der Waals surface area contributed by atoms with Gasteiger partial charge in [-0.1, -0.05) is 305 Å². The van der Waals surface area contributed by atoms with Gasteiger partial charge < -0.3 is 28.5 Å². The topological polar surface area (TPSA) is 114 Å². The molecule has 0 aromatic carbocycles. The highest BCUT2D eigenvalue weighted by Crippen LogP contribution is 2.38. The lowest BCUT2D eigenvalue weighted by Gasteiger charge is -2.30. The van der Waals surface area contributed by atoms with Gasteiger partial charge in [0.25, 0.3) is 7.82 Å². The van der Waals surface area contributed by atoms with Gasteiger partial charge in [-0.15, -0.1) is 0 Å². The highest BCUT2D eigenvalue weighted by Gasteiger charge is 2.27. The highest BCUT2D eigenvalue weighted by molar-refractivity contribution is 7.45. The molecule has 83 heavy (non-hydrogen) atoms. The van der Waals surface area contributed by atoms with Crippen LogP contribution in [0.3, 0.4) is 0 Å². The van der Waals surface area contributed by atoms with Crippen LogP contribution in [0.15, 0.2) is 85.1 Å². The molecule has 0 aliphatic carbocycles. The first-order valence-electron chi connectivity index (χ1n) is 34.9. The molecule has 1 N–H and O–H groups in total. The molecule has 0 aromatic heterocycles. The Kier molecular flexibility index (Phi) is 60.1. The molecule has 0 aliphatic rings. The molecule has 0 aliphatic heterocycles. The lowest BCUT2D eigenvalue weighted by atomic mass is 10.0. The molecule has 0 heterocycles. The number of hydrogen-bond donors (Lipinski definition) is 1. The number of phosphoric ester groups is 1. The number of nitrogens with one attached hydrogen (secondary N) is 1. The molecule has 9 nitrogen and oxygen atoms in total. The summed E-state index contributed by atoms with van der Waals surface area (Å²) in [6, 6.07) is -0.897. The van der Waals surface area contributed by atoms with Crippen molar-refractivity contribution in [3.05, 3.63) is 85.1 Å². The van der Waals surface area contributed by atoms with Crippen LogP contribution in [0.4, 0.5) is 0 Å². The summed E-state index contributed by atoms with van der Waals surface area (Å²) in [5.74, 6) is -0.549. The number of rotatable bonds is 63. The van der Waals surface area contributed by atoms with Crippen molar-refractivity contribution in [2.24, 2.45) is 0 Å². The number of nitrogens with zero attached hydrogens (tertiary/aromatic N) is 1. The third kappa shape index (κ3) is 63.5. The number of carbonyl (C=O) groups is 2. The second kappa shape index (κ2) is 62.2.